The fraction of sp³-hybridized carbons (Fsp3) is 0.304. The van der Waals surface area contributed by atoms with Crippen molar-refractivity contribution in [3.8, 4) is 5.75 Å². The van der Waals surface area contributed by atoms with Gasteiger partial charge >= 0.3 is 0 Å². The molecule has 2 aromatic carbocycles. The van der Waals surface area contributed by atoms with Gasteiger partial charge in [0.25, 0.3) is 17.7 Å². The lowest BCUT2D eigenvalue weighted by Crippen LogP contribution is -2.56. The second-order valence-electron chi connectivity index (χ2n) is 7.65. The zero-order valence-corrected chi connectivity index (χ0v) is 18.2. The molecule has 4 amide bonds. The first-order valence-corrected chi connectivity index (χ1v) is 10.7. The molecule has 2 heterocycles. The lowest BCUT2D eigenvalue weighted by molar-refractivity contribution is -0.142. The molecule has 2 aliphatic heterocycles. The number of fused-ring (bicyclic) bond motifs is 1. The van der Waals surface area contributed by atoms with E-state index in [0.29, 0.717) is 48.1 Å². The monoisotopic (exact) mass is 455 g/mol. The molecular weight excluding hydrogens is 434 g/mol. The zero-order chi connectivity index (χ0) is 22.8. The van der Waals surface area contributed by atoms with Crippen LogP contribution in [0.4, 0.5) is 0 Å². The van der Waals surface area contributed by atoms with Crippen LogP contribution in [0, 0.1) is 0 Å². The van der Waals surface area contributed by atoms with Crippen molar-refractivity contribution in [2.24, 2.45) is 0 Å². The van der Waals surface area contributed by atoms with E-state index in [1.165, 1.54) is 0 Å². The number of piperazine rings is 1. The van der Waals surface area contributed by atoms with Crippen molar-refractivity contribution in [2.45, 2.75) is 13.0 Å². The number of halogens is 1. The number of hydrogen-bond donors (Lipinski definition) is 0. The van der Waals surface area contributed by atoms with Gasteiger partial charge in [0.05, 0.1) is 11.1 Å². The molecule has 0 aliphatic carbocycles. The SMILES string of the molecule is CC(C(=O)N1CCN(C(=O)COc2ccc(Cl)cc2)CC1)N1C(=O)c2ccccc2C1=O. The Bertz CT molecular complexity index is 1030. The minimum Gasteiger partial charge on any atom is -0.484 e. The molecule has 1 saturated heterocycles. The Morgan fingerprint density at radius 1 is 0.906 bits per heavy atom. The number of imide groups is 1. The van der Waals surface area contributed by atoms with Crippen LogP contribution in [0.5, 0.6) is 5.75 Å². The number of hydrogen-bond acceptors (Lipinski definition) is 5. The number of benzene rings is 2. The van der Waals surface area contributed by atoms with Gasteiger partial charge in [0.15, 0.2) is 6.61 Å². The maximum atomic E-state index is 13.0. The molecule has 9 heteroatoms. The summed E-state index contributed by atoms with van der Waals surface area (Å²) >= 11 is 5.84. The predicted octanol–water partition coefficient (Wildman–Crippen LogP) is 2.07. The van der Waals surface area contributed by atoms with Gasteiger partial charge in [0.2, 0.25) is 5.91 Å². The number of ether oxygens (including phenoxy) is 1. The van der Waals surface area contributed by atoms with Crippen molar-refractivity contribution in [3.05, 3.63) is 64.7 Å². The third kappa shape index (κ3) is 4.18. The Balaban J connectivity index is 1.30. The van der Waals surface area contributed by atoms with Gasteiger partial charge in [-0.05, 0) is 43.3 Å². The summed E-state index contributed by atoms with van der Waals surface area (Å²) in [6.07, 6.45) is 0. The summed E-state index contributed by atoms with van der Waals surface area (Å²) in [4.78, 5) is 54.9. The van der Waals surface area contributed by atoms with E-state index in [-0.39, 0.29) is 18.4 Å². The molecule has 0 bridgehead atoms. The van der Waals surface area contributed by atoms with Gasteiger partial charge in [-0.2, -0.15) is 0 Å². The molecule has 0 aromatic heterocycles. The van der Waals surface area contributed by atoms with E-state index in [2.05, 4.69) is 0 Å². The smallest absolute Gasteiger partial charge is 0.262 e. The molecule has 0 saturated carbocycles. The third-order valence-electron chi connectivity index (χ3n) is 5.69. The van der Waals surface area contributed by atoms with Crippen molar-refractivity contribution in [2.75, 3.05) is 32.8 Å². The molecule has 2 aromatic rings. The summed E-state index contributed by atoms with van der Waals surface area (Å²) in [6, 6.07) is 12.4. The van der Waals surface area contributed by atoms with Gasteiger partial charge in [0.1, 0.15) is 11.8 Å². The summed E-state index contributed by atoms with van der Waals surface area (Å²) in [5.41, 5.74) is 0.626. The fourth-order valence-corrected chi connectivity index (χ4v) is 4.00. The van der Waals surface area contributed by atoms with E-state index < -0.39 is 17.9 Å². The minimum absolute atomic E-state index is 0.110. The van der Waals surface area contributed by atoms with E-state index in [0.717, 1.165) is 4.90 Å². The summed E-state index contributed by atoms with van der Waals surface area (Å²) in [5.74, 6) is -0.866. The molecule has 0 radical (unpaired) electrons. The van der Waals surface area contributed by atoms with Crippen LogP contribution in [0.1, 0.15) is 27.6 Å². The summed E-state index contributed by atoms with van der Waals surface area (Å²) < 4.78 is 5.50. The Hall–Kier alpha value is -3.39. The van der Waals surface area contributed by atoms with E-state index in [1.807, 2.05) is 0 Å². The standard InChI is InChI=1S/C23H22ClN3O5/c1-15(27-22(30)18-4-2-3-5-19(18)23(27)31)21(29)26-12-10-25(11-13-26)20(28)14-32-17-8-6-16(24)7-9-17/h2-9,15H,10-14H2,1H3. The van der Waals surface area contributed by atoms with Crippen LogP contribution in [0.15, 0.2) is 48.5 Å². The van der Waals surface area contributed by atoms with Crippen LogP contribution in [0.25, 0.3) is 0 Å². The predicted molar refractivity (Wildman–Crippen MR) is 117 cm³/mol. The molecule has 8 nitrogen and oxygen atoms in total. The molecule has 1 atom stereocenters. The molecule has 0 spiro atoms. The molecule has 2 aliphatic rings. The Morgan fingerprint density at radius 2 is 1.44 bits per heavy atom. The lowest BCUT2D eigenvalue weighted by atomic mass is 10.1. The second-order valence-corrected chi connectivity index (χ2v) is 8.09. The first kappa shape index (κ1) is 21.8. The average Bonchev–Trinajstić information content (AvgIpc) is 3.08. The van der Waals surface area contributed by atoms with Gasteiger partial charge in [0, 0.05) is 31.2 Å². The van der Waals surface area contributed by atoms with Crippen LogP contribution in [0.3, 0.4) is 0 Å². The second kappa shape index (κ2) is 9.00. The maximum absolute atomic E-state index is 13.0. The Labute approximate surface area is 190 Å². The van der Waals surface area contributed by atoms with Gasteiger partial charge in [-0.1, -0.05) is 23.7 Å². The minimum atomic E-state index is -0.919. The van der Waals surface area contributed by atoms with E-state index in [9.17, 15) is 19.2 Å². The molecule has 1 fully saturated rings. The van der Waals surface area contributed by atoms with E-state index in [1.54, 1.807) is 65.3 Å². The molecule has 166 valence electrons. The third-order valence-corrected chi connectivity index (χ3v) is 5.94. The molecular formula is C23H22ClN3O5. The van der Waals surface area contributed by atoms with Crippen molar-refractivity contribution in [3.63, 3.8) is 0 Å². The highest BCUT2D eigenvalue weighted by atomic mass is 35.5. The maximum Gasteiger partial charge on any atom is 0.262 e. The summed E-state index contributed by atoms with van der Waals surface area (Å²) in [5, 5.41) is 0.583. The molecule has 0 N–H and O–H groups in total. The molecule has 1 unspecified atom stereocenters. The van der Waals surface area contributed by atoms with Gasteiger partial charge in [-0.3, -0.25) is 24.1 Å². The highest BCUT2D eigenvalue weighted by Crippen LogP contribution is 2.25. The van der Waals surface area contributed by atoms with E-state index >= 15 is 0 Å². The van der Waals surface area contributed by atoms with Crippen LogP contribution in [-0.2, 0) is 9.59 Å². The Morgan fingerprint density at radius 3 is 2.00 bits per heavy atom. The number of rotatable bonds is 5. The van der Waals surface area contributed by atoms with Crippen LogP contribution >= 0.6 is 11.6 Å². The first-order valence-electron chi connectivity index (χ1n) is 10.3. The normalized spacial score (nSPS) is 16.8. The van der Waals surface area contributed by atoms with Gasteiger partial charge < -0.3 is 14.5 Å². The zero-order valence-electron chi connectivity index (χ0n) is 17.5. The fourth-order valence-electron chi connectivity index (χ4n) is 3.88. The largest absolute Gasteiger partial charge is 0.484 e. The number of nitrogens with zero attached hydrogens (tertiary/aromatic N) is 3. The highest BCUT2D eigenvalue weighted by Gasteiger charge is 2.42. The highest BCUT2D eigenvalue weighted by molar-refractivity contribution is 6.30. The van der Waals surface area contributed by atoms with Gasteiger partial charge in [-0.25, -0.2) is 0 Å². The summed E-state index contributed by atoms with van der Waals surface area (Å²) in [7, 11) is 0. The first-order chi connectivity index (χ1) is 15.4. The van der Waals surface area contributed by atoms with E-state index in [4.69, 9.17) is 16.3 Å². The van der Waals surface area contributed by atoms with Gasteiger partial charge in [-0.15, -0.1) is 0 Å². The topological polar surface area (TPSA) is 87.2 Å². The van der Waals surface area contributed by atoms with Crippen LogP contribution < -0.4 is 4.74 Å². The van der Waals surface area contributed by atoms with Crippen molar-refractivity contribution < 1.29 is 23.9 Å². The lowest BCUT2D eigenvalue weighted by Gasteiger charge is -2.37. The van der Waals surface area contributed by atoms with Crippen molar-refractivity contribution in [1.29, 1.82) is 0 Å². The Kier molecular flexibility index (Phi) is 6.14. The molecule has 32 heavy (non-hydrogen) atoms. The summed E-state index contributed by atoms with van der Waals surface area (Å²) in [6.45, 7) is 2.79. The van der Waals surface area contributed by atoms with Crippen molar-refractivity contribution in [1.82, 2.24) is 14.7 Å². The molecule has 4 rings (SSSR count). The van der Waals surface area contributed by atoms with Crippen molar-refractivity contribution >= 4 is 35.2 Å². The van der Waals surface area contributed by atoms with Crippen LogP contribution in [-0.4, -0.2) is 77.2 Å². The number of amides is 4. The number of carbonyl (C=O) groups excluding carboxylic acids is 4. The van der Waals surface area contributed by atoms with Crippen LogP contribution in [0.2, 0.25) is 5.02 Å². The quantitative estimate of drug-likeness (QED) is 0.644. The number of carbonyl (C=O) groups is 4. The average molecular weight is 456 g/mol.